The summed E-state index contributed by atoms with van der Waals surface area (Å²) in [5.74, 6) is 0.834. The van der Waals surface area contributed by atoms with Crippen LogP contribution in [-0.4, -0.2) is 23.9 Å². The summed E-state index contributed by atoms with van der Waals surface area (Å²) in [5.41, 5.74) is 1.64. The molecule has 0 spiro atoms. The minimum atomic E-state index is 0.194. The molecule has 0 aliphatic heterocycles. The fourth-order valence-corrected chi connectivity index (χ4v) is 2.78. The van der Waals surface area contributed by atoms with E-state index < -0.39 is 0 Å². The Labute approximate surface area is 112 Å². The van der Waals surface area contributed by atoms with E-state index >= 15 is 0 Å². The van der Waals surface area contributed by atoms with E-state index in [1.807, 2.05) is 4.90 Å². The van der Waals surface area contributed by atoms with Crippen LogP contribution in [0.3, 0.4) is 0 Å². The second-order valence-corrected chi connectivity index (χ2v) is 6.13. The van der Waals surface area contributed by atoms with Crippen molar-refractivity contribution >= 4 is 5.91 Å². The smallest absolute Gasteiger partial charge is 0.222 e. The Morgan fingerprint density at radius 3 is 2.28 bits per heavy atom. The molecule has 0 aromatic carbocycles. The van der Waals surface area contributed by atoms with E-state index in [2.05, 4.69) is 40.7 Å². The van der Waals surface area contributed by atoms with Crippen molar-refractivity contribution in [3.8, 4) is 0 Å². The number of carbonyl (C=O) groups is 1. The van der Waals surface area contributed by atoms with Crippen molar-refractivity contribution in [1.82, 2.24) is 4.90 Å². The SMILES string of the molecule is CCCN(CCC)C(=O)CC1CC=C(C)C1(C)C. The molecule has 0 saturated carbocycles. The Hall–Kier alpha value is -0.790. The highest BCUT2D eigenvalue weighted by molar-refractivity contribution is 5.76. The molecule has 0 aromatic rings. The highest BCUT2D eigenvalue weighted by atomic mass is 16.2. The van der Waals surface area contributed by atoms with Gasteiger partial charge >= 0.3 is 0 Å². The normalized spacial score (nSPS) is 21.8. The minimum Gasteiger partial charge on any atom is -0.343 e. The van der Waals surface area contributed by atoms with E-state index in [1.54, 1.807) is 0 Å². The van der Waals surface area contributed by atoms with Crippen molar-refractivity contribution < 1.29 is 4.79 Å². The average Bonchev–Trinajstić information content (AvgIpc) is 2.55. The van der Waals surface area contributed by atoms with Gasteiger partial charge in [-0.2, -0.15) is 0 Å². The van der Waals surface area contributed by atoms with Crippen LogP contribution in [0.2, 0.25) is 0 Å². The van der Waals surface area contributed by atoms with Gasteiger partial charge in [0.25, 0.3) is 0 Å². The quantitative estimate of drug-likeness (QED) is 0.653. The Kier molecular flexibility index (Phi) is 5.43. The van der Waals surface area contributed by atoms with E-state index in [4.69, 9.17) is 0 Å². The lowest BCUT2D eigenvalue weighted by molar-refractivity contribution is -0.133. The molecule has 1 amide bonds. The molecule has 0 fully saturated rings. The Morgan fingerprint density at radius 1 is 1.33 bits per heavy atom. The van der Waals surface area contributed by atoms with Gasteiger partial charge in [-0.1, -0.05) is 39.3 Å². The van der Waals surface area contributed by atoms with Crippen molar-refractivity contribution in [3.63, 3.8) is 0 Å². The maximum atomic E-state index is 12.4. The molecule has 2 nitrogen and oxygen atoms in total. The van der Waals surface area contributed by atoms with Gasteiger partial charge in [0.15, 0.2) is 0 Å². The number of nitrogens with zero attached hydrogens (tertiary/aromatic N) is 1. The zero-order valence-corrected chi connectivity index (χ0v) is 12.8. The molecule has 0 radical (unpaired) electrons. The third-order valence-corrected chi connectivity index (χ3v) is 4.51. The molecular formula is C16H29NO. The van der Waals surface area contributed by atoms with Gasteiger partial charge in [-0.05, 0) is 37.5 Å². The first-order valence-electron chi connectivity index (χ1n) is 7.38. The second kappa shape index (κ2) is 6.40. The molecule has 2 heteroatoms. The zero-order chi connectivity index (χ0) is 13.8. The van der Waals surface area contributed by atoms with Gasteiger partial charge in [0.1, 0.15) is 0 Å². The van der Waals surface area contributed by atoms with E-state index in [0.717, 1.165) is 32.4 Å². The third-order valence-electron chi connectivity index (χ3n) is 4.51. The van der Waals surface area contributed by atoms with Gasteiger partial charge in [-0.25, -0.2) is 0 Å². The fourth-order valence-electron chi connectivity index (χ4n) is 2.78. The van der Waals surface area contributed by atoms with E-state index in [0.29, 0.717) is 18.2 Å². The molecule has 1 aliphatic rings. The molecule has 0 bridgehead atoms. The molecule has 1 rings (SSSR count). The number of carbonyl (C=O) groups excluding carboxylic acids is 1. The van der Waals surface area contributed by atoms with Crippen LogP contribution in [0.4, 0.5) is 0 Å². The van der Waals surface area contributed by atoms with Crippen molar-refractivity contribution in [1.29, 1.82) is 0 Å². The lowest BCUT2D eigenvalue weighted by Crippen LogP contribution is -2.35. The summed E-state index contributed by atoms with van der Waals surface area (Å²) in [5, 5.41) is 0. The van der Waals surface area contributed by atoms with E-state index in [1.165, 1.54) is 5.57 Å². The Bertz CT molecular complexity index is 311. The summed E-state index contributed by atoms with van der Waals surface area (Å²) < 4.78 is 0. The van der Waals surface area contributed by atoms with Crippen molar-refractivity contribution in [2.75, 3.05) is 13.1 Å². The molecule has 0 aromatic heterocycles. The predicted molar refractivity (Wildman–Crippen MR) is 77.4 cm³/mol. The first kappa shape index (κ1) is 15.3. The summed E-state index contributed by atoms with van der Waals surface area (Å²) in [6.45, 7) is 12.8. The molecule has 0 saturated heterocycles. The predicted octanol–water partition coefficient (Wildman–Crippen LogP) is 4.02. The van der Waals surface area contributed by atoms with Crippen LogP contribution < -0.4 is 0 Å². The van der Waals surface area contributed by atoms with E-state index in [9.17, 15) is 4.79 Å². The lowest BCUT2D eigenvalue weighted by Gasteiger charge is -2.31. The van der Waals surface area contributed by atoms with Crippen LogP contribution in [0.25, 0.3) is 0 Å². The fraction of sp³-hybridized carbons (Fsp3) is 0.812. The highest BCUT2D eigenvalue weighted by Gasteiger charge is 2.36. The molecule has 104 valence electrons. The lowest BCUT2D eigenvalue weighted by atomic mass is 9.76. The van der Waals surface area contributed by atoms with E-state index in [-0.39, 0.29) is 5.41 Å². The van der Waals surface area contributed by atoms with Crippen LogP contribution in [-0.2, 0) is 4.79 Å². The van der Waals surface area contributed by atoms with Gasteiger partial charge < -0.3 is 4.90 Å². The van der Waals surface area contributed by atoms with Crippen molar-refractivity contribution in [2.45, 2.75) is 60.3 Å². The van der Waals surface area contributed by atoms with Crippen LogP contribution in [0.5, 0.6) is 0 Å². The Balaban J connectivity index is 2.59. The molecule has 18 heavy (non-hydrogen) atoms. The maximum Gasteiger partial charge on any atom is 0.222 e. The van der Waals surface area contributed by atoms with Crippen LogP contribution in [0.1, 0.15) is 60.3 Å². The number of amides is 1. The van der Waals surface area contributed by atoms with Crippen LogP contribution in [0.15, 0.2) is 11.6 Å². The van der Waals surface area contributed by atoms with Gasteiger partial charge in [0.05, 0.1) is 0 Å². The van der Waals surface area contributed by atoms with Crippen molar-refractivity contribution in [3.05, 3.63) is 11.6 Å². The second-order valence-electron chi connectivity index (χ2n) is 6.13. The number of rotatable bonds is 6. The molecular weight excluding hydrogens is 222 g/mol. The van der Waals surface area contributed by atoms with Gasteiger partial charge in [0, 0.05) is 19.5 Å². The summed E-state index contributed by atoms with van der Waals surface area (Å²) in [7, 11) is 0. The first-order chi connectivity index (χ1) is 8.43. The summed E-state index contributed by atoms with van der Waals surface area (Å²) in [6, 6.07) is 0. The van der Waals surface area contributed by atoms with Crippen LogP contribution >= 0.6 is 0 Å². The highest BCUT2D eigenvalue weighted by Crippen LogP contribution is 2.44. The van der Waals surface area contributed by atoms with Gasteiger partial charge in [-0.3, -0.25) is 4.79 Å². The molecule has 0 heterocycles. The largest absolute Gasteiger partial charge is 0.343 e. The number of hydrogen-bond donors (Lipinski definition) is 0. The Morgan fingerprint density at radius 2 is 1.89 bits per heavy atom. The monoisotopic (exact) mass is 251 g/mol. The zero-order valence-electron chi connectivity index (χ0n) is 12.8. The topological polar surface area (TPSA) is 20.3 Å². The molecule has 1 unspecified atom stereocenters. The number of hydrogen-bond acceptors (Lipinski definition) is 1. The van der Waals surface area contributed by atoms with Crippen molar-refractivity contribution in [2.24, 2.45) is 11.3 Å². The molecule has 1 aliphatic carbocycles. The van der Waals surface area contributed by atoms with Crippen LogP contribution in [0, 0.1) is 11.3 Å². The van der Waals surface area contributed by atoms with Gasteiger partial charge in [-0.15, -0.1) is 0 Å². The maximum absolute atomic E-state index is 12.4. The summed E-state index contributed by atoms with van der Waals surface area (Å²) in [4.78, 5) is 14.4. The number of allylic oxidation sites excluding steroid dienone is 2. The van der Waals surface area contributed by atoms with Gasteiger partial charge in [0.2, 0.25) is 5.91 Å². The summed E-state index contributed by atoms with van der Waals surface area (Å²) in [6.07, 6.45) is 6.19. The third kappa shape index (κ3) is 3.37. The average molecular weight is 251 g/mol. The summed E-state index contributed by atoms with van der Waals surface area (Å²) >= 11 is 0. The standard InChI is InChI=1S/C16H29NO/c1-6-10-17(11-7-2)15(18)12-14-9-8-13(3)16(14,4)5/h8,14H,6-7,9-12H2,1-5H3. The minimum absolute atomic E-state index is 0.194. The molecule has 0 N–H and O–H groups in total. The first-order valence-corrected chi connectivity index (χ1v) is 7.38. The molecule has 1 atom stereocenters.